The molecule has 1 atom stereocenters. The molecule has 1 aromatic carbocycles. The van der Waals surface area contributed by atoms with Crippen molar-refractivity contribution in [3.8, 4) is 11.4 Å². The summed E-state index contributed by atoms with van der Waals surface area (Å²) < 4.78 is 27.1. The number of hydrogen-bond donors (Lipinski definition) is 1. The van der Waals surface area contributed by atoms with Crippen molar-refractivity contribution in [2.24, 2.45) is 5.41 Å². The molecular weight excluding hydrogens is 430 g/mol. The van der Waals surface area contributed by atoms with Crippen LogP contribution in [0.4, 0.5) is 0 Å². The van der Waals surface area contributed by atoms with Crippen molar-refractivity contribution in [1.29, 1.82) is 0 Å². The van der Waals surface area contributed by atoms with Crippen molar-refractivity contribution in [2.45, 2.75) is 45.7 Å². The molecule has 0 saturated carbocycles. The fourth-order valence-electron chi connectivity index (χ4n) is 4.82. The zero-order valence-corrected chi connectivity index (χ0v) is 20.2. The predicted octanol–water partition coefficient (Wildman–Crippen LogP) is 3.42. The minimum atomic E-state index is -2.75. The second kappa shape index (κ2) is 8.92. The Balaban J connectivity index is 1.68. The molecule has 1 N–H and O–H groups in total. The Bertz CT molecular complexity index is 1270. The van der Waals surface area contributed by atoms with Crippen molar-refractivity contribution in [1.82, 2.24) is 24.9 Å². The highest BCUT2D eigenvalue weighted by Crippen LogP contribution is 2.50. The second-order valence-corrected chi connectivity index (χ2v) is 9.86. The number of pyridine rings is 1. The van der Waals surface area contributed by atoms with Gasteiger partial charge in [-0.25, -0.2) is 0 Å². The van der Waals surface area contributed by atoms with Gasteiger partial charge < -0.3 is 19.4 Å². The molecule has 1 aliphatic rings. The van der Waals surface area contributed by atoms with E-state index >= 15 is 0 Å². The van der Waals surface area contributed by atoms with E-state index in [1.165, 1.54) is 12.6 Å². The molecule has 8 nitrogen and oxygen atoms in total. The maximum atomic E-state index is 12.4. The molecule has 0 spiro atoms. The number of carbonyl (C=O) groups excluding carboxylic acids is 1. The molecule has 1 fully saturated rings. The smallest absolute Gasteiger partial charge is 0.246 e. The lowest BCUT2D eigenvalue weighted by Crippen LogP contribution is -2.63. The van der Waals surface area contributed by atoms with Crippen molar-refractivity contribution in [3.05, 3.63) is 65.3 Å². The van der Waals surface area contributed by atoms with E-state index in [9.17, 15) is 9.90 Å². The quantitative estimate of drug-likeness (QED) is 0.570. The van der Waals surface area contributed by atoms with Gasteiger partial charge in [-0.3, -0.25) is 9.78 Å². The summed E-state index contributed by atoms with van der Waals surface area (Å²) in [7, 11) is 3.38. The average molecular weight is 467 g/mol. The van der Waals surface area contributed by atoms with Crippen LogP contribution in [-0.2, 0) is 16.9 Å². The fourth-order valence-corrected chi connectivity index (χ4v) is 4.82. The summed E-state index contributed by atoms with van der Waals surface area (Å²) >= 11 is 0. The maximum absolute atomic E-state index is 12.4. The van der Waals surface area contributed by atoms with Crippen LogP contribution in [0.5, 0.6) is 0 Å². The molecule has 1 saturated heterocycles. The molecule has 0 unspecified atom stereocenters. The summed E-state index contributed by atoms with van der Waals surface area (Å²) in [5.41, 5.74) is 1.34. The third kappa shape index (κ3) is 4.23. The Labute approximate surface area is 204 Å². The van der Waals surface area contributed by atoms with Gasteiger partial charge in [0.1, 0.15) is 5.60 Å². The summed E-state index contributed by atoms with van der Waals surface area (Å²) in [4.78, 5) is 23.9. The van der Waals surface area contributed by atoms with E-state index in [4.69, 9.17) is 8.64 Å². The first kappa shape index (κ1) is 20.3. The van der Waals surface area contributed by atoms with Crippen molar-refractivity contribution >= 4 is 5.91 Å². The molecule has 0 aliphatic carbocycles. The monoisotopic (exact) mass is 466 g/mol. The summed E-state index contributed by atoms with van der Waals surface area (Å²) in [6.07, 6.45) is 3.24. The molecule has 3 heterocycles. The Hall–Kier alpha value is -3.10. The van der Waals surface area contributed by atoms with Gasteiger partial charge in [-0.05, 0) is 30.2 Å². The molecule has 2 aromatic heterocycles. The third-order valence-corrected chi connectivity index (χ3v) is 6.71. The van der Waals surface area contributed by atoms with Crippen LogP contribution in [0.25, 0.3) is 11.4 Å². The first-order valence-corrected chi connectivity index (χ1v) is 11.3. The van der Waals surface area contributed by atoms with Gasteiger partial charge in [0.25, 0.3) is 0 Å². The van der Waals surface area contributed by atoms with Crippen molar-refractivity contribution in [3.63, 3.8) is 0 Å². The molecule has 0 radical (unpaired) electrons. The lowest BCUT2D eigenvalue weighted by atomic mass is 9.62. The van der Waals surface area contributed by atoms with E-state index in [-0.39, 0.29) is 18.3 Å². The molecule has 8 heteroatoms. The lowest BCUT2D eigenvalue weighted by molar-refractivity contribution is -0.128. The Morgan fingerprint density at radius 1 is 1.29 bits per heavy atom. The van der Waals surface area contributed by atoms with Crippen molar-refractivity contribution in [2.75, 3.05) is 27.2 Å². The van der Waals surface area contributed by atoms with Gasteiger partial charge >= 0.3 is 0 Å². The van der Waals surface area contributed by atoms with Crippen LogP contribution in [0.3, 0.4) is 0 Å². The molecule has 180 valence electrons. The normalized spacial score (nSPS) is 19.0. The highest BCUT2D eigenvalue weighted by atomic mass is 16.5. The number of rotatable bonds is 7. The lowest BCUT2D eigenvalue weighted by Gasteiger charge is -2.55. The number of aromatic nitrogens is 3. The summed E-state index contributed by atoms with van der Waals surface area (Å²) in [5, 5.41) is 16.4. The van der Waals surface area contributed by atoms with Crippen LogP contribution in [0.2, 0.25) is 0 Å². The third-order valence-electron chi connectivity index (χ3n) is 6.71. The van der Waals surface area contributed by atoms with Gasteiger partial charge in [0, 0.05) is 60.0 Å². The summed E-state index contributed by atoms with van der Waals surface area (Å²) in [5.74, 6) is -0.317. The molecule has 1 aliphatic heterocycles. The number of amides is 1. The van der Waals surface area contributed by atoms with Gasteiger partial charge in [0.15, 0.2) is 0 Å². The highest BCUT2D eigenvalue weighted by Gasteiger charge is 2.55. The molecule has 4 rings (SSSR count). The maximum Gasteiger partial charge on any atom is 0.246 e. The number of hydrogen-bond acceptors (Lipinski definition) is 7. The van der Waals surface area contributed by atoms with Crippen LogP contribution >= 0.6 is 0 Å². The standard InChI is InChI=1S/C26H33N5O3/c1-17(2)19-7-9-21(10-8-19)26(33,25(4)15-30(5)16-25)22-11-20(12-27-13-22)24-28-23(34-29-24)14-31(6)18(3)32/h7-13,17,33H,14-16H2,1-6H3/t26-/m0/s1/i3D3. The number of carbonyl (C=O) groups is 1. The minimum absolute atomic E-state index is 0.0904. The number of nitrogens with zero attached hydrogens (tertiary/aromatic N) is 5. The summed E-state index contributed by atoms with van der Waals surface area (Å²) in [6.45, 7) is 4.85. The molecule has 3 aromatic rings. The van der Waals surface area contributed by atoms with Crippen LogP contribution in [0.15, 0.2) is 47.2 Å². The fraction of sp³-hybridized carbons (Fsp3) is 0.462. The van der Waals surface area contributed by atoms with Crippen LogP contribution in [0, 0.1) is 5.41 Å². The molecule has 0 bridgehead atoms. The van der Waals surface area contributed by atoms with Crippen LogP contribution in [-0.4, -0.2) is 63.1 Å². The Morgan fingerprint density at radius 3 is 2.62 bits per heavy atom. The first-order valence-electron chi connectivity index (χ1n) is 12.8. The van der Waals surface area contributed by atoms with Gasteiger partial charge in [-0.15, -0.1) is 0 Å². The van der Waals surface area contributed by atoms with E-state index in [0.717, 1.165) is 10.5 Å². The van der Waals surface area contributed by atoms with Gasteiger partial charge in [-0.2, -0.15) is 4.98 Å². The predicted molar refractivity (Wildman–Crippen MR) is 129 cm³/mol. The second-order valence-electron chi connectivity index (χ2n) is 9.86. The topological polar surface area (TPSA) is 95.6 Å². The van der Waals surface area contributed by atoms with E-state index < -0.39 is 23.8 Å². The van der Waals surface area contributed by atoms with Crippen molar-refractivity contribution < 1.29 is 18.5 Å². The Morgan fingerprint density at radius 2 is 2.00 bits per heavy atom. The molecular formula is C26H33N5O3. The Kier molecular flexibility index (Phi) is 5.33. The summed E-state index contributed by atoms with van der Waals surface area (Å²) in [6, 6.07) is 9.87. The van der Waals surface area contributed by atoms with Gasteiger partial charge in [0.2, 0.25) is 17.6 Å². The van der Waals surface area contributed by atoms with E-state index in [0.29, 0.717) is 30.1 Å². The minimum Gasteiger partial charge on any atom is -0.380 e. The number of benzene rings is 1. The van der Waals surface area contributed by atoms with Crippen LogP contribution in [0.1, 0.15) is 60.2 Å². The SMILES string of the molecule is [2H]C([2H])([2H])C(=O)N(C)Cc1nc(-c2cncc([C@@](O)(c3ccc(C(C)C)cc3)C3(C)CN(C)C3)c2)no1. The number of aliphatic hydroxyl groups is 1. The molecule has 1 amide bonds. The first-order chi connectivity index (χ1) is 17.2. The van der Waals surface area contributed by atoms with Gasteiger partial charge in [-0.1, -0.05) is 50.2 Å². The van der Waals surface area contributed by atoms with E-state index in [1.54, 1.807) is 18.5 Å². The zero-order chi connectivity index (χ0) is 27.2. The zero-order valence-electron chi connectivity index (χ0n) is 23.2. The van der Waals surface area contributed by atoms with Gasteiger partial charge in [0.05, 0.1) is 6.54 Å². The molecule has 34 heavy (non-hydrogen) atoms. The van der Waals surface area contributed by atoms with E-state index in [1.807, 2.05) is 19.2 Å². The largest absolute Gasteiger partial charge is 0.380 e. The van der Waals surface area contributed by atoms with E-state index in [2.05, 4.69) is 52.9 Å². The van der Waals surface area contributed by atoms with Crippen LogP contribution < -0.4 is 0 Å². The number of likely N-dealkylation sites (tertiary alicyclic amines) is 1. The highest BCUT2D eigenvalue weighted by molar-refractivity contribution is 5.72. The average Bonchev–Trinajstić information content (AvgIpc) is 3.30.